The van der Waals surface area contributed by atoms with Gasteiger partial charge in [0.1, 0.15) is 0 Å². The van der Waals surface area contributed by atoms with E-state index in [2.05, 4.69) is 32.0 Å². The molecule has 0 spiro atoms. The van der Waals surface area contributed by atoms with Crippen molar-refractivity contribution in [1.29, 1.82) is 0 Å². The summed E-state index contributed by atoms with van der Waals surface area (Å²) in [7, 11) is -3.78. The molecule has 1 amide bonds. The van der Waals surface area contributed by atoms with Crippen molar-refractivity contribution in [2.24, 2.45) is 0 Å². The minimum atomic E-state index is -3.78. The van der Waals surface area contributed by atoms with E-state index < -0.39 is 16.3 Å². The number of hydrogen-bond acceptors (Lipinski definition) is 4. The van der Waals surface area contributed by atoms with Crippen molar-refractivity contribution in [3.05, 3.63) is 0 Å². The first-order chi connectivity index (χ1) is 7.37. The van der Waals surface area contributed by atoms with E-state index in [0.29, 0.717) is 6.54 Å². The Morgan fingerprint density at radius 3 is 2.50 bits per heavy atom. The van der Waals surface area contributed by atoms with E-state index in [0.717, 1.165) is 17.3 Å². The molecular formula is C8H17IN2O4S. The zero-order chi connectivity index (χ0) is 12.6. The maximum atomic E-state index is 11.3. The molecule has 0 rings (SSSR count). The van der Waals surface area contributed by atoms with Gasteiger partial charge < -0.3 is 4.74 Å². The number of halogens is 1. The van der Waals surface area contributed by atoms with Crippen LogP contribution in [-0.2, 0) is 14.9 Å². The quantitative estimate of drug-likeness (QED) is 0.404. The molecule has 6 nitrogen and oxygen atoms in total. The Bertz CT molecular complexity index is 305. The fraction of sp³-hybridized carbons (Fsp3) is 0.875. The molecule has 0 heterocycles. The van der Waals surface area contributed by atoms with E-state index in [1.807, 2.05) is 0 Å². The van der Waals surface area contributed by atoms with Crippen LogP contribution in [0.2, 0.25) is 0 Å². The minimum absolute atomic E-state index is 0.313. The lowest BCUT2D eigenvalue weighted by Crippen LogP contribution is -2.41. The van der Waals surface area contributed by atoms with Gasteiger partial charge in [-0.2, -0.15) is 13.1 Å². The minimum Gasteiger partial charge on any atom is -0.446 e. The number of carbonyl (C=O) groups is 1. The number of hydrogen-bond donors (Lipinski definition) is 2. The molecule has 0 saturated carbocycles. The molecule has 16 heavy (non-hydrogen) atoms. The van der Waals surface area contributed by atoms with Crippen LogP contribution in [0.4, 0.5) is 4.79 Å². The van der Waals surface area contributed by atoms with Crippen LogP contribution in [0.5, 0.6) is 0 Å². The maximum Gasteiger partial charge on any atom is 0.422 e. The van der Waals surface area contributed by atoms with Gasteiger partial charge in [-0.05, 0) is 31.1 Å². The Hall–Kier alpha value is -0.0900. The third-order valence-corrected chi connectivity index (χ3v) is 3.20. The number of nitrogens with one attached hydrogen (secondary N) is 2. The standard InChI is InChI=1S/C8H17IN2O4S/c1-7(2)15-8(12)11-16(13,14)10-6-4-3-5-9/h7,10H,3-6H2,1-2H3,(H,11,12). The van der Waals surface area contributed by atoms with Crippen LogP contribution < -0.4 is 9.44 Å². The number of ether oxygens (including phenoxy) is 1. The summed E-state index contributed by atoms with van der Waals surface area (Å²) in [4.78, 5) is 11.0. The number of rotatable bonds is 7. The van der Waals surface area contributed by atoms with Crippen molar-refractivity contribution in [3.8, 4) is 0 Å². The Balaban J connectivity index is 3.91. The molecule has 96 valence electrons. The Labute approximate surface area is 110 Å². The second-order valence-corrected chi connectivity index (χ2v) is 5.93. The second-order valence-electron chi connectivity index (χ2n) is 3.35. The predicted molar refractivity (Wildman–Crippen MR) is 69.8 cm³/mol. The van der Waals surface area contributed by atoms with Crippen molar-refractivity contribution < 1.29 is 17.9 Å². The van der Waals surface area contributed by atoms with E-state index in [1.54, 1.807) is 18.6 Å². The Morgan fingerprint density at radius 2 is 2.00 bits per heavy atom. The molecule has 0 aliphatic carbocycles. The average molecular weight is 364 g/mol. The van der Waals surface area contributed by atoms with Crippen molar-refractivity contribution in [3.63, 3.8) is 0 Å². The maximum absolute atomic E-state index is 11.3. The molecule has 0 bridgehead atoms. The first kappa shape index (κ1) is 15.9. The molecule has 0 fully saturated rings. The van der Waals surface area contributed by atoms with Crippen LogP contribution in [0.15, 0.2) is 0 Å². The van der Waals surface area contributed by atoms with Gasteiger partial charge in [-0.15, -0.1) is 0 Å². The number of unbranched alkanes of at least 4 members (excludes halogenated alkanes) is 1. The SMILES string of the molecule is CC(C)OC(=O)NS(=O)(=O)NCCCCI. The zero-order valence-corrected chi connectivity index (χ0v) is 12.3. The highest BCUT2D eigenvalue weighted by Gasteiger charge is 2.15. The summed E-state index contributed by atoms with van der Waals surface area (Å²) in [6.45, 7) is 3.59. The van der Waals surface area contributed by atoms with Gasteiger partial charge in [0.05, 0.1) is 6.10 Å². The van der Waals surface area contributed by atoms with E-state index in [1.165, 1.54) is 0 Å². The topological polar surface area (TPSA) is 84.5 Å². The first-order valence-electron chi connectivity index (χ1n) is 4.91. The van der Waals surface area contributed by atoms with E-state index in [4.69, 9.17) is 0 Å². The van der Waals surface area contributed by atoms with E-state index in [-0.39, 0.29) is 6.10 Å². The van der Waals surface area contributed by atoms with Crippen molar-refractivity contribution >= 4 is 38.9 Å². The third-order valence-electron chi connectivity index (χ3n) is 1.41. The number of carbonyl (C=O) groups excluding carboxylic acids is 1. The Morgan fingerprint density at radius 1 is 1.38 bits per heavy atom. The van der Waals surface area contributed by atoms with Gasteiger partial charge in [-0.3, -0.25) is 0 Å². The smallest absolute Gasteiger partial charge is 0.422 e. The Kier molecular flexibility index (Phi) is 8.02. The lowest BCUT2D eigenvalue weighted by Gasteiger charge is -2.10. The van der Waals surface area contributed by atoms with Crippen LogP contribution in [0.1, 0.15) is 26.7 Å². The summed E-state index contributed by atoms with van der Waals surface area (Å²) in [6.07, 6.45) is 0.355. The van der Waals surface area contributed by atoms with Crippen molar-refractivity contribution in [2.75, 3.05) is 11.0 Å². The monoisotopic (exact) mass is 364 g/mol. The summed E-state index contributed by atoms with van der Waals surface area (Å²) in [5, 5.41) is 0. The molecule has 0 radical (unpaired) electrons. The summed E-state index contributed by atoms with van der Waals surface area (Å²) >= 11 is 2.21. The highest BCUT2D eigenvalue weighted by molar-refractivity contribution is 14.1. The van der Waals surface area contributed by atoms with Crippen LogP contribution >= 0.6 is 22.6 Å². The summed E-state index contributed by atoms with van der Waals surface area (Å²) in [5.74, 6) is 0. The van der Waals surface area contributed by atoms with Crippen molar-refractivity contribution in [1.82, 2.24) is 9.44 Å². The summed E-state index contributed by atoms with van der Waals surface area (Å²) < 4.78 is 32.2. The molecule has 2 N–H and O–H groups in total. The van der Waals surface area contributed by atoms with Gasteiger partial charge in [0.25, 0.3) is 0 Å². The fourth-order valence-corrected chi connectivity index (χ4v) is 2.10. The zero-order valence-electron chi connectivity index (χ0n) is 9.32. The highest BCUT2D eigenvalue weighted by atomic mass is 127. The van der Waals surface area contributed by atoms with Gasteiger partial charge in [-0.25, -0.2) is 9.52 Å². The molecule has 0 unspecified atom stereocenters. The van der Waals surface area contributed by atoms with Crippen LogP contribution in [0, 0.1) is 0 Å². The molecule has 0 aromatic heterocycles. The van der Waals surface area contributed by atoms with Gasteiger partial charge in [0, 0.05) is 6.54 Å². The van der Waals surface area contributed by atoms with Crippen LogP contribution in [-0.4, -0.2) is 31.6 Å². The second kappa shape index (κ2) is 8.07. The molecular weight excluding hydrogens is 347 g/mol. The molecule has 0 aromatic carbocycles. The van der Waals surface area contributed by atoms with Gasteiger partial charge in [-0.1, -0.05) is 22.6 Å². The molecule has 8 heteroatoms. The summed E-state index contributed by atoms with van der Waals surface area (Å²) in [6, 6.07) is 0. The molecule has 0 aliphatic rings. The van der Waals surface area contributed by atoms with Gasteiger partial charge in [0.15, 0.2) is 0 Å². The third kappa shape index (κ3) is 9.16. The molecule has 0 saturated heterocycles. The van der Waals surface area contributed by atoms with E-state index in [9.17, 15) is 13.2 Å². The lowest BCUT2D eigenvalue weighted by molar-refractivity contribution is 0.121. The molecule has 0 aromatic rings. The number of alkyl halides is 1. The average Bonchev–Trinajstić information content (AvgIpc) is 2.10. The lowest BCUT2D eigenvalue weighted by atomic mass is 10.3. The fourth-order valence-electron chi connectivity index (χ4n) is 0.810. The number of amides is 1. The summed E-state index contributed by atoms with van der Waals surface area (Å²) in [5.41, 5.74) is 0. The highest BCUT2D eigenvalue weighted by Crippen LogP contribution is 1.94. The van der Waals surface area contributed by atoms with Gasteiger partial charge in [0.2, 0.25) is 0 Å². The van der Waals surface area contributed by atoms with Crippen molar-refractivity contribution in [2.45, 2.75) is 32.8 Å². The van der Waals surface area contributed by atoms with Crippen LogP contribution in [0.25, 0.3) is 0 Å². The normalized spacial score (nSPS) is 11.5. The molecule has 0 atom stereocenters. The van der Waals surface area contributed by atoms with Crippen LogP contribution in [0.3, 0.4) is 0 Å². The van der Waals surface area contributed by atoms with Gasteiger partial charge >= 0.3 is 16.3 Å². The van der Waals surface area contributed by atoms with E-state index >= 15 is 0 Å². The first-order valence-corrected chi connectivity index (χ1v) is 7.92. The molecule has 0 aliphatic heterocycles. The predicted octanol–water partition coefficient (Wildman–Crippen LogP) is 1.17. The largest absolute Gasteiger partial charge is 0.446 e.